The minimum Gasteiger partial charge on any atom is -0.466 e. The maximum absolute atomic E-state index is 11.4. The molecule has 0 atom stereocenters. The molecule has 0 spiro atoms. The van der Waals surface area contributed by atoms with Gasteiger partial charge in [-0.25, -0.2) is 0 Å². The lowest BCUT2D eigenvalue weighted by molar-refractivity contribution is -0.142. The van der Waals surface area contributed by atoms with Gasteiger partial charge in [-0.3, -0.25) is 4.79 Å². The molecule has 0 radical (unpaired) electrons. The van der Waals surface area contributed by atoms with Crippen molar-refractivity contribution >= 4 is 33.6 Å². The van der Waals surface area contributed by atoms with Crippen molar-refractivity contribution in [1.29, 1.82) is 0 Å². The molecule has 2 nitrogen and oxygen atoms in total. The second-order valence-corrected chi connectivity index (χ2v) is 5.14. The van der Waals surface area contributed by atoms with E-state index in [1.54, 1.807) is 0 Å². The van der Waals surface area contributed by atoms with Gasteiger partial charge in [-0.1, -0.05) is 60.7 Å². The molecule has 3 aromatic carbocycles. The van der Waals surface area contributed by atoms with Crippen LogP contribution in [0.1, 0.15) is 18.9 Å². The van der Waals surface area contributed by atoms with Gasteiger partial charge in [-0.15, -0.1) is 0 Å². The molecule has 0 aliphatic rings. The van der Waals surface area contributed by atoms with E-state index in [1.807, 2.05) is 31.2 Å². The summed E-state index contributed by atoms with van der Waals surface area (Å²) in [4.78, 5) is 11.4. The molecule has 0 aromatic heterocycles. The molecule has 0 N–H and O–H groups in total. The fourth-order valence-electron chi connectivity index (χ4n) is 2.72. The van der Waals surface area contributed by atoms with Crippen LogP contribution in [-0.2, 0) is 9.53 Å². The van der Waals surface area contributed by atoms with Crippen LogP contribution in [0.3, 0.4) is 0 Å². The first kappa shape index (κ1) is 14.3. The lowest BCUT2D eigenvalue weighted by atomic mass is 9.97. The van der Waals surface area contributed by atoms with Crippen LogP contribution < -0.4 is 0 Å². The van der Waals surface area contributed by atoms with Gasteiger partial charge in [0.05, 0.1) is 13.0 Å². The summed E-state index contributed by atoms with van der Waals surface area (Å²) < 4.78 is 4.95. The monoisotopic (exact) mass is 290 g/mol. The van der Waals surface area contributed by atoms with E-state index in [9.17, 15) is 4.79 Å². The highest BCUT2D eigenvalue weighted by atomic mass is 16.5. The van der Waals surface area contributed by atoms with Gasteiger partial charge < -0.3 is 4.74 Å². The first-order valence-electron chi connectivity index (χ1n) is 7.52. The van der Waals surface area contributed by atoms with E-state index in [-0.39, 0.29) is 5.97 Å². The lowest BCUT2D eigenvalue weighted by Gasteiger charge is -2.07. The Morgan fingerprint density at radius 2 is 1.68 bits per heavy atom. The van der Waals surface area contributed by atoms with E-state index in [4.69, 9.17) is 4.74 Å². The van der Waals surface area contributed by atoms with Crippen molar-refractivity contribution in [2.24, 2.45) is 0 Å². The Labute approximate surface area is 130 Å². The van der Waals surface area contributed by atoms with Crippen LogP contribution in [0.25, 0.3) is 27.6 Å². The van der Waals surface area contributed by atoms with E-state index in [1.165, 1.54) is 21.5 Å². The predicted molar refractivity (Wildman–Crippen MR) is 91.7 cm³/mol. The Bertz CT molecular complexity index is 847. The average molecular weight is 290 g/mol. The van der Waals surface area contributed by atoms with Crippen molar-refractivity contribution in [3.8, 4) is 0 Å². The standard InChI is InChI=1S/C20H18O2/c1-2-22-20(21)13-7-9-16-14-15-8-3-4-10-17(15)19-12-6-5-11-18(16)19/h3-12,14H,2,13H2,1H3. The zero-order valence-corrected chi connectivity index (χ0v) is 12.6. The molecular formula is C20H18O2. The second kappa shape index (κ2) is 6.44. The van der Waals surface area contributed by atoms with Crippen LogP contribution in [0.4, 0.5) is 0 Å². The van der Waals surface area contributed by atoms with Crippen molar-refractivity contribution < 1.29 is 9.53 Å². The fourth-order valence-corrected chi connectivity index (χ4v) is 2.72. The van der Waals surface area contributed by atoms with Crippen molar-refractivity contribution in [2.75, 3.05) is 6.61 Å². The zero-order valence-electron chi connectivity index (χ0n) is 12.6. The highest BCUT2D eigenvalue weighted by Crippen LogP contribution is 2.29. The van der Waals surface area contributed by atoms with Crippen molar-refractivity contribution in [1.82, 2.24) is 0 Å². The molecule has 3 aromatic rings. The van der Waals surface area contributed by atoms with E-state index in [0.29, 0.717) is 13.0 Å². The summed E-state index contributed by atoms with van der Waals surface area (Å²) in [5.41, 5.74) is 1.12. The van der Waals surface area contributed by atoms with Gasteiger partial charge in [0.25, 0.3) is 0 Å². The lowest BCUT2D eigenvalue weighted by Crippen LogP contribution is -2.01. The summed E-state index contributed by atoms with van der Waals surface area (Å²) >= 11 is 0. The number of fused-ring (bicyclic) bond motifs is 3. The third-order valence-corrected chi connectivity index (χ3v) is 3.69. The molecule has 0 unspecified atom stereocenters. The number of hydrogen-bond donors (Lipinski definition) is 0. The van der Waals surface area contributed by atoms with Crippen LogP contribution in [0.15, 0.2) is 60.7 Å². The summed E-state index contributed by atoms with van der Waals surface area (Å²) in [7, 11) is 0. The number of benzene rings is 3. The topological polar surface area (TPSA) is 26.3 Å². The van der Waals surface area contributed by atoms with Gasteiger partial charge in [0.15, 0.2) is 0 Å². The summed E-state index contributed by atoms with van der Waals surface area (Å²) in [6.45, 7) is 2.24. The average Bonchev–Trinajstić information content (AvgIpc) is 2.55. The Morgan fingerprint density at radius 1 is 1.00 bits per heavy atom. The molecule has 110 valence electrons. The number of rotatable bonds is 4. The molecule has 3 rings (SSSR count). The van der Waals surface area contributed by atoms with Gasteiger partial charge in [0, 0.05) is 0 Å². The number of carbonyl (C=O) groups is 1. The van der Waals surface area contributed by atoms with E-state index >= 15 is 0 Å². The van der Waals surface area contributed by atoms with Crippen LogP contribution in [0, 0.1) is 0 Å². The third-order valence-electron chi connectivity index (χ3n) is 3.69. The fraction of sp³-hybridized carbons (Fsp3) is 0.150. The Hall–Kier alpha value is -2.61. The zero-order chi connectivity index (χ0) is 15.4. The van der Waals surface area contributed by atoms with E-state index in [2.05, 4.69) is 42.5 Å². The first-order chi connectivity index (χ1) is 10.8. The highest BCUT2D eigenvalue weighted by Gasteiger charge is 2.04. The normalized spacial score (nSPS) is 11.3. The SMILES string of the molecule is CCOC(=O)CC=Cc1cc2ccccc2c2ccccc12. The maximum Gasteiger partial charge on any atom is 0.309 e. The van der Waals surface area contributed by atoms with Crippen molar-refractivity contribution in [3.05, 3.63) is 66.2 Å². The van der Waals surface area contributed by atoms with Gasteiger partial charge in [0.2, 0.25) is 0 Å². The van der Waals surface area contributed by atoms with Crippen LogP contribution in [-0.4, -0.2) is 12.6 Å². The minimum absolute atomic E-state index is 0.191. The molecule has 22 heavy (non-hydrogen) atoms. The van der Waals surface area contributed by atoms with Crippen LogP contribution in [0.5, 0.6) is 0 Å². The predicted octanol–water partition coefficient (Wildman–Crippen LogP) is 4.96. The maximum atomic E-state index is 11.4. The molecule has 0 amide bonds. The highest BCUT2D eigenvalue weighted by molar-refractivity contribution is 6.10. The molecule has 2 heteroatoms. The minimum atomic E-state index is -0.191. The first-order valence-corrected chi connectivity index (χ1v) is 7.52. The van der Waals surface area contributed by atoms with Crippen molar-refractivity contribution in [3.63, 3.8) is 0 Å². The molecule has 0 aliphatic heterocycles. The largest absolute Gasteiger partial charge is 0.466 e. The Kier molecular flexibility index (Phi) is 4.19. The van der Waals surface area contributed by atoms with E-state index < -0.39 is 0 Å². The third kappa shape index (κ3) is 2.86. The van der Waals surface area contributed by atoms with Gasteiger partial charge in [0.1, 0.15) is 0 Å². The molecule has 0 aliphatic carbocycles. The molecule has 0 saturated carbocycles. The summed E-state index contributed by atoms with van der Waals surface area (Å²) in [6.07, 6.45) is 4.18. The molecule has 0 fully saturated rings. The summed E-state index contributed by atoms with van der Waals surface area (Å²) in [5.74, 6) is -0.191. The summed E-state index contributed by atoms with van der Waals surface area (Å²) in [6, 6.07) is 18.9. The number of esters is 1. The number of ether oxygens (including phenoxy) is 1. The van der Waals surface area contributed by atoms with Gasteiger partial charge in [-0.2, -0.15) is 0 Å². The van der Waals surface area contributed by atoms with Crippen molar-refractivity contribution in [2.45, 2.75) is 13.3 Å². The van der Waals surface area contributed by atoms with Gasteiger partial charge in [-0.05, 0) is 40.1 Å². The number of carbonyl (C=O) groups excluding carboxylic acids is 1. The summed E-state index contributed by atoms with van der Waals surface area (Å²) in [5, 5.41) is 4.88. The molecule has 0 saturated heterocycles. The van der Waals surface area contributed by atoms with E-state index in [0.717, 1.165) is 5.56 Å². The molecule has 0 bridgehead atoms. The molecular weight excluding hydrogens is 272 g/mol. The number of hydrogen-bond acceptors (Lipinski definition) is 2. The molecule has 0 heterocycles. The van der Waals surface area contributed by atoms with Crippen LogP contribution in [0.2, 0.25) is 0 Å². The Balaban J connectivity index is 2.04. The van der Waals surface area contributed by atoms with Gasteiger partial charge >= 0.3 is 5.97 Å². The quantitative estimate of drug-likeness (QED) is 0.501. The Morgan fingerprint density at radius 3 is 2.45 bits per heavy atom. The smallest absolute Gasteiger partial charge is 0.309 e. The second-order valence-electron chi connectivity index (χ2n) is 5.14. The van der Waals surface area contributed by atoms with Crippen LogP contribution >= 0.6 is 0 Å².